The van der Waals surface area contributed by atoms with Gasteiger partial charge in [0.15, 0.2) is 5.56 Å². The van der Waals surface area contributed by atoms with Crippen LogP contribution in [0.3, 0.4) is 0 Å². The fourth-order valence-corrected chi connectivity index (χ4v) is 5.53. The number of carbonyl (C=O) groups is 1. The van der Waals surface area contributed by atoms with Gasteiger partial charge in [0, 0.05) is 54.9 Å². The lowest BCUT2D eigenvalue weighted by atomic mass is 9.99. The third-order valence-corrected chi connectivity index (χ3v) is 7.28. The van der Waals surface area contributed by atoms with E-state index in [9.17, 15) is 19.8 Å². The molecule has 1 aliphatic carbocycles. The quantitative estimate of drug-likeness (QED) is 0.471. The van der Waals surface area contributed by atoms with Crippen molar-refractivity contribution in [2.24, 2.45) is 18.9 Å². The molecule has 3 heterocycles. The molecular formula is C24H28N4O4. The van der Waals surface area contributed by atoms with Crippen molar-refractivity contribution in [3.63, 3.8) is 0 Å². The maximum atomic E-state index is 12.3. The number of hydrogen-bond acceptors (Lipinski definition) is 5. The SMILES string of the molecule is CCc1c(-c2ccc3c(c2)cc(CN2CC4C(C2)C4NC)n3C)[nH]c(=O)c(C(=O)O)c1O. The standard InChI is InChI=1S/C24H28N4O4/c1-4-15-20(26-23(30)19(22(15)29)24(31)32)12-5-6-18-13(7-12)8-14(27(18)3)9-28-10-16-17(11-28)21(16)25-2/h5-8,16-17,21,25H,4,9-11H2,1-3H3,(H,31,32)(H2,26,29,30). The van der Waals surface area contributed by atoms with Crippen LogP contribution in [0.1, 0.15) is 28.5 Å². The summed E-state index contributed by atoms with van der Waals surface area (Å²) in [6.45, 7) is 4.97. The van der Waals surface area contributed by atoms with Crippen LogP contribution in [-0.4, -0.2) is 56.8 Å². The molecule has 2 aromatic heterocycles. The molecule has 1 saturated carbocycles. The highest BCUT2D eigenvalue weighted by Crippen LogP contribution is 2.45. The van der Waals surface area contributed by atoms with Crippen LogP contribution in [0.25, 0.3) is 22.2 Å². The van der Waals surface area contributed by atoms with Gasteiger partial charge in [0.2, 0.25) is 0 Å². The van der Waals surface area contributed by atoms with E-state index >= 15 is 0 Å². The highest BCUT2D eigenvalue weighted by Gasteiger charge is 2.54. The van der Waals surface area contributed by atoms with Crippen LogP contribution in [0.2, 0.25) is 0 Å². The zero-order valence-corrected chi connectivity index (χ0v) is 18.5. The largest absolute Gasteiger partial charge is 0.506 e. The van der Waals surface area contributed by atoms with Gasteiger partial charge in [-0.25, -0.2) is 4.79 Å². The molecule has 3 aromatic rings. The first-order chi connectivity index (χ1) is 15.3. The minimum Gasteiger partial charge on any atom is -0.506 e. The Morgan fingerprint density at radius 2 is 1.97 bits per heavy atom. The molecular weight excluding hydrogens is 408 g/mol. The summed E-state index contributed by atoms with van der Waals surface area (Å²) in [6, 6.07) is 8.75. The number of fused-ring (bicyclic) bond motifs is 2. The number of nitrogens with one attached hydrogen (secondary N) is 2. The molecule has 32 heavy (non-hydrogen) atoms. The number of aryl methyl sites for hydroxylation is 1. The number of aromatic hydroxyl groups is 1. The molecule has 0 bridgehead atoms. The van der Waals surface area contributed by atoms with Crippen molar-refractivity contribution < 1.29 is 15.0 Å². The Balaban J connectivity index is 1.48. The second-order valence-corrected chi connectivity index (χ2v) is 8.99. The van der Waals surface area contributed by atoms with Crippen LogP contribution < -0.4 is 10.9 Å². The van der Waals surface area contributed by atoms with E-state index in [2.05, 4.69) is 32.9 Å². The van der Waals surface area contributed by atoms with E-state index in [-0.39, 0.29) is 0 Å². The van der Waals surface area contributed by atoms with Gasteiger partial charge in [-0.05, 0) is 49.1 Å². The number of hydrogen-bond donors (Lipinski definition) is 4. The Bertz CT molecular complexity index is 1280. The maximum absolute atomic E-state index is 12.3. The number of benzene rings is 1. The summed E-state index contributed by atoms with van der Waals surface area (Å²) in [4.78, 5) is 28.9. The minimum atomic E-state index is -1.44. The van der Waals surface area contributed by atoms with Crippen LogP contribution in [0, 0.1) is 11.8 Å². The van der Waals surface area contributed by atoms with Crippen LogP contribution in [0.5, 0.6) is 5.75 Å². The first kappa shape index (κ1) is 20.8. The molecule has 2 unspecified atom stereocenters. The minimum absolute atomic E-state index is 0.390. The van der Waals surface area contributed by atoms with Crippen molar-refractivity contribution in [2.75, 3.05) is 20.1 Å². The summed E-state index contributed by atoms with van der Waals surface area (Å²) in [5.74, 6) is -0.354. The summed E-state index contributed by atoms with van der Waals surface area (Å²) < 4.78 is 2.20. The van der Waals surface area contributed by atoms with Gasteiger partial charge < -0.3 is 25.1 Å². The maximum Gasteiger partial charge on any atom is 0.345 e. The first-order valence-corrected chi connectivity index (χ1v) is 11.0. The lowest BCUT2D eigenvalue weighted by Crippen LogP contribution is -2.29. The second kappa shape index (κ2) is 7.50. The van der Waals surface area contributed by atoms with Crippen LogP contribution in [-0.2, 0) is 20.0 Å². The van der Waals surface area contributed by atoms with Gasteiger partial charge in [0.05, 0.1) is 5.69 Å². The number of aromatic nitrogens is 2. The molecule has 0 radical (unpaired) electrons. The Morgan fingerprint density at radius 3 is 2.59 bits per heavy atom. The van der Waals surface area contributed by atoms with Gasteiger partial charge in [-0.3, -0.25) is 9.69 Å². The third kappa shape index (κ3) is 3.13. The van der Waals surface area contributed by atoms with E-state index in [4.69, 9.17) is 0 Å². The molecule has 0 spiro atoms. The van der Waals surface area contributed by atoms with E-state index in [0.717, 1.165) is 47.9 Å². The summed E-state index contributed by atoms with van der Waals surface area (Å²) in [5, 5.41) is 24.2. The number of rotatable bonds is 6. The lowest BCUT2D eigenvalue weighted by Gasteiger charge is -2.19. The summed E-state index contributed by atoms with van der Waals surface area (Å²) >= 11 is 0. The molecule has 2 aliphatic rings. The molecule has 1 aliphatic heterocycles. The molecule has 5 rings (SSSR count). The summed E-state index contributed by atoms with van der Waals surface area (Å²) in [5.41, 5.74) is 2.54. The molecule has 2 atom stereocenters. The summed E-state index contributed by atoms with van der Waals surface area (Å²) in [7, 11) is 4.11. The predicted octanol–water partition coefficient (Wildman–Crippen LogP) is 2.15. The van der Waals surface area contributed by atoms with Crippen molar-refractivity contribution in [3.8, 4) is 17.0 Å². The molecule has 1 saturated heterocycles. The van der Waals surface area contributed by atoms with Crippen molar-refractivity contribution in [1.29, 1.82) is 0 Å². The number of aromatic carboxylic acids is 1. The second-order valence-electron chi connectivity index (χ2n) is 8.99. The lowest BCUT2D eigenvalue weighted by molar-refractivity contribution is 0.0691. The topological polar surface area (TPSA) is 111 Å². The Labute approximate surface area is 185 Å². The van der Waals surface area contributed by atoms with Crippen LogP contribution >= 0.6 is 0 Å². The van der Waals surface area contributed by atoms with E-state index in [0.29, 0.717) is 23.7 Å². The number of nitrogens with zero attached hydrogens (tertiary/aromatic N) is 2. The predicted molar refractivity (Wildman–Crippen MR) is 122 cm³/mol. The Morgan fingerprint density at radius 1 is 1.25 bits per heavy atom. The van der Waals surface area contributed by atoms with Crippen molar-refractivity contribution in [1.82, 2.24) is 19.8 Å². The molecule has 0 amide bonds. The van der Waals surface area contributed by atoms with Gasteiger partial charge in [0.1, 0.15) is 5.75 Å². The summed E-state index contributed by atoms with van der Waals surface area (Å²) in [6.07, 6.45) is 0.390. The average Bonchev–Trinajstić information content (AvgIpc) is 3.07. The molecule has 8 heteroatoms. The van der Waals surface area contributed by atoms with Gasteiger partial charge in [-0.2, -0.15) is 0 Å². The van der Waals surface area contributed by atoms with Gasteiger partial charge >= 0.3 is 5.97 Å². The Hall–Kier alpha value is -3.10. The zero-order chi connectivity index (χ0) is 22.7. The van der Waals surface area contributed by atoms with Crippen molar-refractivity contribution in [2.45, 2.75) is 25.9 Å². The van der Waals surface area contributed by atoms with Gasteiger partial charge in [-0.15, -0.1) is 0 Å². The Kier molecular flexibility index (Phi) is 4.87. The molecule has 168 valence electrons. The average molecular weight is 437 g/mol. The number of piperidine rings is 1. The molecule has 8 nitrogen and oxygen atoms in total. The van der Waals surface area contributed by atoms with E-state index in [1.165, 1.54) is 5.69 Å². The normalized spacial score (nSPS) is 22.4. The number of likely N-dealkylation sites (tertiary alicyclic amines) is 1. The first-order valence-electron chi connectivity index (χ1n) is 11.0. The zero-order valence-electron chi connectivity index (χ0n) is 18.5. The van der Waals surface area contributed by atoms with Crippen molar-refractivity contribution >= 4 is 16.9 Å². The highest BCUT2D eigenvalue weighted by atomic mass is 16.4. The molecule has 4 N–H and O–H groups in total. The fraction of sp³-hybridized carbons (Fsp3) is 0.417. The van der Waals surface area contributed by atoms with E-state index in [1.807, 2.05) is 32.2 Å². The van der Waals surface area contributed by atoms with E-state index in [1.54, 1.807) is 0 Å². The fourth-order valence-electron chi connectivity index (χ4n) is 5.53. The number of carboxylic acids is 1. The highest BCUT2D eigenvalue weighted by molar-refractivity contribution is 5.92. The molecule has 1 aromatic carbocycles. The number of H-pyrrole nitrogens is 1. The van der Waals surface area contributed by atoms with E-state index < -0.39 is 22.8 Å². The van der Waals surface area contributed by atoms with Crippen LogP contribution in [0.15, 0.2) is 29.1 Å². The van der Waals surface area contributed by atoms with Crippen LogP contribution in [0.4, 0.5) is 0 Å². The molecule has 2 fully saturated rings. The smallest absolute Gasteiger partial charge is 0.345 e. The number of pyridine rings is 1. The van der Waals surface area contributed by atoms with Crippen molar-refractivity contribution in [3.05, 3.63) is 51.4 Å². The van der Waals surface area contributed by atoms with Gasteiger partial charge in [-0.1, -0.05) is 13.0 Å². The number of carboxylic acid groups (broad SMARTS) is 1. The third-order valence-electron chi connectivity index (χ3n) is 7.28. The van der Waals surface area contributed by atoms with Gasteiger partial charge in [0.25, 0.3) is 5.56 Å². The number of aromatic amines is 1. The monoisotopic (exact) mass is 436 g/mol.